The van der Waals surface area contributed by atoms with E-state index >= 15 is 0 Å². The lowest BCUT2D eigenvalue weighted by atomic mass is 10.2. The van der Waals surface area contributed by atoms with Gasteiger partial charge in [-0.25, -0.2) is 0 Å². The number of hydrogen-bond acceptors (Lipinski definition) is 2. The molecular weight excluding hydrogens is 178 g/mol. The second-order valence-electron chi connectivity index (χ2n) is 2.92. The van der Waals surface area contributed by atoms with Crippen LogP contribution in [0, 0.1) is 5.92 Å². The molecule has 4 heteroatoms. The molecule has 0 fully saturated rings. The fourth-order valence-corrected chi connectivity index (χ4v) is 0.836. The quantitative estimate of drug-likeness (QED) is 0.662. The van der Waals surface area contributed by atoms with Crippen LogP contribution in [0.1, 0.15) is 13.8 Å². The summed E-state index contributed by atoms with van der Waals surface area (Å²) < 4.78 is 4.91. The second kappa shape index (κ2) is 6.26. The summed E-state index contributed by atoms with van der Waals surface area (Å²) in [5.41, 5.74) is 0. The average molecular weight is 194 g/mol. The van der Waals surface area contributed by atoms with Crippen molar-refractivity contribution < 1.29 is 9.53 Å². The van der Waals surface area contributed by atoms with Crippen molar-refractivity contribution in [1.82, 2.24) is 5.32 Å². The minimum absolute atomic E-state index is 0.125. The maximum atomic E-state index is 11.0. The molecule has 0 aromatic heterocycles. The van der Waals surface area contributed by atoms with Gasteiger partial charge in [-0.1, -0.05) is 6.92 Å². The van der Waals surface area contributed by atoms with Crippen molar-refractivity contribution in [2.45, 2.75) is 19.2 Å². The molecule has 72 valence electrons. The minimum atomic E-state index is -0.459. The molecule has 0 radical (unpaired) electrons. The molecule has 0 aliphatic rings. The van der Waals surface area contributed by atoms with Gasteiger partial charge in [-0.05, 0) is 12.8 Å². The summed E-state index contributed by atoms with van der Waals surface area (Å²) in [6, 6.07) is 0. The van der Waals surface area contributed by atoms with Crippen LogP contribution >= 0.6 is 11.6 Å². The van der Waals surface area contributed by atoms with Crippen LogP contribution in [0.2, 0.25) is 0 Å². The van der Waals surface area contributed by atoms with E-state index in [2.05, 4.69) is 5.32 Å². The largest absolute Gasteiger partial charge is 0.384 e. The molecule has 0 aromatic rings. The van der Waals surface area contributed by atoms with Crippen molar-refractivity contribution in [1.29, 1.82) is 0 Å². The van der Waals surface area contributed by atoms with Crippen molar-refractivity contribution in [3.05, 3.63) is 0 Å². The Labute approximate surface area is 78.4 Å². The van der Waals surface area contributed by atoms with Crippen LogP contribution in [0.4, 0.5) is 0 Å². The molecule has 1 N–H and O–H groups in total. The van der Waals surface area contributed by atoms with E-state index in [-0.39, 0.29) is 5.91 Å². The zero-order valence-corrected chi connectivity index (χ0v) is 8.52. The average Bonchev–Trinajstić information content (AvgIpc) is 2.00. The van der Waals surface area contributed by atoms with Crippen molar-refractivity contribution >= 4 is 17.5 Å². The summed E-state index contributed by atoms with van der Waals surface area (Å²) >= 11 is 5.55. The Morgan fingerprint density at radius 3 is 2.58 bits per heavy atom. The van der Waals surface area contributed by atoms with Gasteiger partial charge in [-0.2, -0.15) is 0 Å². The summed E-state index contributed by atoms with van der Waals surface area (Å²) in [7, 11) is 1.64. The lowest BCUT2D eigenvalue weighted by Crippen LogP contribution is -2.34. The Hall–Kier alpha value is -0.280. The fourth-order valence-electron chi connectivity index (χ4n) is 0.759. The molecular formula is C8H16ClNO2. The number of ether oxygens (including phenoxy) is 1. The number of amides is 1. The molecule has 0 aliphatic heterocycles. The van der Waals surface area contributed by atoms with Crippen LogP contribution in [-0.2, 0) is 9.53 Å². The van der Waals surface area contributed by atoms with Crippen LogP contribution in [0.5, 0.6) is 0 Å². The van der Waals surface area contributed by atoms with Gasteiger partial charge in [0.05, 0.1) is 6.61 Å². The molecule has 0 rings (SSSR count). The fraction of sp³-hybridized carbons (Fsp3) is 0.875. The molecule has 0 saturated carbocycles. The van der Waals surface area contributed by atoms with Gasteiger partial charge >= 0.3 is 0 Å². The highest BCUT2D eigenvalue weighted by Gasteiger charge is 2.09. The van der Waals surface area contributed by atoms with E-state index < -0.39 is 5.38 Å². The van der Waals surface area contributed by atoms with Gasteiger partial charge in [0.2, 0.25) is 5.91 Å². The van der Waals surface area contributed by atoms with Crippen molar-refractivity contribution in [2.75, 3.05) is 20.3 Å². The van der Waals surface area contributed by atoms with E-state index in [9.17, 15) is 4.79 Å². The molecule has 0 saturated heterocycles. The summed E-state index contributed by atoms with van der Waals surface area (Å²) in [5.74, 6) is 0.203. The summed E-state index contributed by atoms with van der Waals surface area (Å²) in [6.45, 7) is 4.92. The van der Waals surface area contributed by atoms with E-state index in [4.69, 9.17) is 16.3 Å². The van der Waals surface area contributed by atoms with Gasteiger partial charge < -0.3 is 10.1 Å². The molecule has 2 unspecified atom stereocenters. The standard InChI is InChI=1S/C8H16ClNO2/c1-6(5-12-3)4-10-8(11)7(2)9/h6-7H,4-5H2,1-3H3,(H,10,11). The lowest BCUT2D eigenvalue weighted by Gasteiger charge is -2.11. The maximum Gasteiger partial charge on any atom is 0.237 e. The molecule has 1 amide bonds. The summed E-state index contributed by atoms with van der Waals surface area (Å²) in [4.78, 5) is 11.0. The van der Waals surface area contributed by atoms with Crippen LogP contribution in [0.15, 0.2) is 0 Å². The number of carbonyl (C=O) groups is 1. The summed E-state index contributed by atoms with van der Waals surface area (Å²) in [6.07, 6.45) is 0. The molecule has 3 nitrogen and oxygen atoms in total. The molecule has 0 aliphatic carbocycles. The highest BCUT2D eigenvalue weighted by molar-refractivity contribution is 6.30. The first kappa shape index (κ1) is 11.7. The Morgan fingerprint density at radius 1 is 1.58 bits per heavy atom. The van der Waals surface area contributed by atoms with E-state index in [1.165, 1.54) is 0 Å². The monoisotopic (exact) mass is 193 g/mol. The summed E-state index contributed by atoms with van der Waals surface area (Å²) in [5, 5.41) is 2.26. The molecule has 0 spiro atoms. The number of rotatable bonds is 5. The van der Waals surface area contributed by atoms with Gasteiger partial charge in [0.15, 0.2) is 0 Å². The number of carbonyl (C=O) groups excluding carboxylic acids is 1. The molecule has 0 heterocycles. The normalized spacial score (nSPS) is 15.3. The van der Waals surface area contributed by atoms with Gasteiger partial charge in [0.1, 0.15) is 5.38 Å². The Bertz CT molecular complexity index is 139. The third kappa shape index (κ3) is 5.38. The van der Waals surface area contributed by atoms with E-state index in [1.54, 1.807) is 14.0 Å². The van der Waals surface area contributed by atoms with Gasteiger partial charge in [0.25, 0.3) is 0 Å². The van der Waals surface area contributed by atoms with E-state index in [0.29, 0.717) is 19.1 Å². The molecule has 12 heavy (non-hydrogen) atoms. The van der Waals surface area contributed by atoms with Crippen molar-refractivity contribution in [2.24, 2.45) is 5.92 Å². The SMILES string of the molecule is COCC(C)CNC(=O)C(C)Cl. The third-order valence-corrected chi connectivity index (χ3v) is 1.64. The zero-order chi connectivity index (χ0) is 9.56. The number of alkyl halides is 1. The Morgan fingerprint density at radius 2 is 2.17 bits per heavy atom. The van der Waals surface area contributed by atoms with Crippen molar-refractivity contribution in [3.8, 4) is 0 Å². The van der Waals surface area contributed by atoms with Crippen LogP contribution in [0.3, 0.4) is 0 Å². The number of hydrogen-bond donors (Lipinski definition) is 1. The second-order valence-corrected chi connectivity index (χ2v) is 3.58. The van der Waals surface area contributed by atoms with Crippen molar-refractivity contribution in [3.63, 3.8) is 0 Å². The van der Waals surface area contributed by atoms with Gasteiger partial charge in [-0.15, -0.1) is 11.6 Å². The highest BCUT2D eigenvalue weighted by Crippen LogP contribution is 1.95. The van der Waals surface area contributed by atoms with E-state index in [0.717, 1.165) is 0 Å². The first-order chi connectivity index (χ1) is 5.57. The number of halogens is 1. The number of methoxy groups -OCH3 is 1. The van der Waals surface area contributed by atoms with Crippen LogP contribution in [0.25, 0.3) is 0 Å². The molecule has 2 atom stereocenters. The van der Waals surface area contributed by atoms with Crippen LogP contribution < -0.4 is 5.32 Å². The maximum absolute atomic E-state index is 11.0. The van der Waals surface area contributed by atoms with Gasteiger partial charge in [0, 0.05) is 13.7 Å². The highest BCUT2D eigenvalue weighted by atomic mass is 35.5. The topological polar surface area (TPSA) is 38.3 Å². The van der Waals surface area contributed by atoms with E-state index in [1.807, 2.05) is 6.92 Å². The minimum Gasteiger partial charge on any atom is -0.384 e. The first-order valence-corrected chi connectivity index (χ1v) is 4.42. The van der Waals surface area contributed by atoms with Crippen LogP contribution in [-0.4, -0.2) is 31.5 Å². The first-order valence-electron chi connectivity index (χ1n) is 3.98. The van der Waals surface area contributed by atoms with Gasteiger partial charge in [-0.3, -0.25) is 4.79 Å². The predicted molar refractivity (Wildman–Crippen MR) is 49.4 cm³/mol. The Kier molecular flexibility index (Phi) is 6.11. The third-order valence-electron chi connectivity index (χ3n) is 1.44. The Balaban J connectivity index is 3.47. The number of nitrogens with one attached hydrogen (secondary N) is 1. The molecule has 0 bridgehead atoms. The predicted octanol–water partition coefficient (Wildman–Crippen LogP) is 1.01. The molecule has 0 aromatic carbocycles. The zero-order valence-electron chi connectivity index (χ0n) is 7.76. The smallest absolute Gasteiger partial charge is 0.237 e. The lowest BCUT2D eigenvalue weighted by molar-refractivity contribution is -0.120.